The van der Waals surface area contributed by atoms with Crippen molar-refractivity contribution in [3.8, 4) is 0 Å². The van der Waals surface area contributed by atoms with Crippen molar-refractivity contribution in [2.75, 3.05) is 16.0 Å². The average molecular weight is 408 g/mol. The Morgan fingerprint density at radius 2 is 1.62 bits per heavy atom. The van der Waals surface area contributed by atoms with Crippen molar-refractivity contribution in [2.45, 2.75) is 19.9 Å². The third-order valence-corrected chi connectivity index (χ3v) is 4.60. The highest BCUT2D eigenvalue weighted by atomic mass is 35.5. The standard InChI is InChI=1S/C23H22ClN3O2/c1-2-22(28)26-18-10-6-9-17(13-18)23(29)27-19-11-12-21(20(24)14-19)25-15-16-7-4-3-5-8-16/h3-14,25H,2,15H2,1H3,(H,26,28)(H,27,29). The van der Waals surface area contributed by atoms with Crippen LogP contribution in [0.15, 0.2) is 72.8 Å². The van der Waals surface area contributed by atoms with Crippen LogP contribution in [0.3, 0.4) is 0 Å². The lowest BCUT2D eigenvalue weighted by Gasteiger charge is -2.12. The first kappa shape index (κ1) is 20.4. The Kier molecular flexibility index (Phi) is 6.87. The molecule has 0 fully saturated rings. The number of rotatable bonds is 7. The highest BCUT2D eigenvalue weighted by molar-refractivity contribution is 6.33. The quantitative estimate of drug-likeness (QED) is 0.480. The fourth-order valence-electron chi connectivity index (χ4n) is 2.72. The molecule has 3 aromatic carbocycles. The minimum Gasteiger partial charge on any atom is -0.380 e. The van der Waals surface area contributed by atoms with Gasteiger partial charge in [-0.2, -0.15) is 0 Å². The van der Waals surface area contributed by atoms with Gasteiger partial charge in [0.1, 0.15) is 0 Å². The summed E-state index contributed by atoms with van der Waals surface area (Å²) in [5.41, 5.74) is 3.56. The van der Waals surface area contributed by atoms with Gasteiger partial charge in [-0.1, -0.05) is 54.9 Å². The van der Waals surface area contributed by atoms with Gasteiger partial charge in [0.15, 0.2) is 0 Å². The predicted molar refractivity (Wildman–Crippen MR) is 119 cm³/mol. The van der Waals surface area contributed by atoms with E-state index in [-0.39, 0.29) is 11.8 Å². The van der Waals surface area contributed by atoms with E-state index in [0.29, 0.717) is 34.9 Å². The molecule has 0 atom stereocenters. The normalized spacial score (nSPS) is 10.3. The van der Waals surface area contributed by atoms with Crippen molar-refractivity contribution < 1.29 is 9.59 Å². The van der Waals surface area contributed by atoms with E-state index in [9.17, 15) is 9.59 Å². The van der Waals surface area contributed by atoms with Gasteiger partial charge in [-0.25, -0.2) is 0 Å². The molecular formula is C23H22ClN3O2. The van der Waals surface area contributed by atoms with E-state index in [0.717, 1.165) is 11.3 Å². The lowest BCUT2D eigenvalue weighted by Crippen LogP contribution is -2.14. The molecule has 0 aliphatic carbocycles. The summed E-state index contributed by atoms with van der Waals surface area (Å²) in [5.74, 6) is -0.383. The number of amides is 2. The highest BCUT2D eigenvalue weighted by Gasteiger charge is 2.09. The summed E-state index contributed by atoms with van der Waals surface area (Å²) >= 11 is 6.36. The van der Waals surface area contributed by atoms with Crippen molar-refractivity contribution in [1.29, 1.82) is 0 Å². The van der Waals surface area contributed by atoms with E-state index in [2.05, 4.69) is 16.0 Å². The maximum atomic E-state index is 12.5. The molecule has 0 heterocycles. The number of halogens is 1. The van der Waals surface area contributed by atoms with E-state index in [4.69, 9.17) is 11.6 Å². The van der Waals surface area contributed by atoms with E-state index in [1.807, 2.05) is 36.4 Å². The molecule has 6 heteroatoms. The van der Waals surface area contributed by atoms with Crippen LogP contribution in [-0.2, 0) is 11.3 Å². The fourth-order valence-corrected chi connectivity index (χ4v) is 2.97. The molecule has 3 rings (SSSR count). The highest BCUT2D eigenvalue weighted by Crippen LogP contribution is 2.26. The summed E-state index contributed by atoms with van der Waals surface area (Å²) in [4.78, 5) is 24.1. The van der Waals surface area contributed by atoms with Gasteiger partial charge in [-0.3, -0.25) is 9.59 Å². The van der Waals surface area contributed by atoms with Crippen LogP contribution in [0.1, 0.15) is 29.3 Å². The van der Waals surface area contributed by atoms with Crippen molar-refractivity contribution in [2.24, 2.45) is 0 Å². The molecule has 0 saturated heterocycles. The molecule has 3 aromatic rings. The van der Waals surface area contributed by atoms with Gasteiger partial charge in [-0.05, 0) is 42.0 Å². The Morgan fingerprint density at radius 3 is 2.34 bits per heavy atom. The van der Waals surface area contributed by atoms with Gasteiger partial charge < -0.3 is 16.0 Å². The molecule has 0 aromatic heterocycles. The smallest absolute Gasteiger partial charge is 0.255 e. The molecule has 0 aliphatic rings. The third kappa shape index (κ3) is 5.83. The maximum Gasteiger partial charge on any atom is 0.255 e. The van der Waals surface area contributed by atoms with Gasteiger partial charge >= 0.3 is 0 Å². The summed E-state index contributed by atoms with van der Waals surface area (Å²) in [7, 11) is 0. The van der Waals surface area contributed by atoms with Crippen LogP contribution in [0, 0.1) is 0 Å². The van der Waals surface area contributed by atoms with Crippen LogP contribution in [0.5, 0.6) is 0 Å². The van der Waals surface area contributed by atoms with Crippen LogP contribution >= 0.6 is 11.6 Å². The first-order chi connectivity index (χ1) is 14.0. The van der Waals surface area contributed by atoms with Crippen molar-refractivity contribution >= 4 is 40.5 Å². The van der Waals surface area contributed by atoms with Gasteiger partial charge in [0, 0.05) is 29.9 Å². The Balaban J connectivity index is 1.64. The van der Waals surface area contributed by atoms with E-state index < -0.39 is 0 Å². The zero-order chi connectivity index (χ0) is 20.6. The van der Waals surface area contributed by atoms with Crippen molar-refractivity contribution in [3.05, 3.63) is 88.9 Å². The number of anilines is 3. The Bertz CT molecular complexity index is 1010. The van der Waals surface area contributed by atoms with E-state index in [1.54, 1.807) is 43.3 Å². The molecule has 148 valence electrons. The molecular weight excluding hydrogens is 386 g/mol. The zero-order valence-corrected chi connectivity index (χ0v) is 16.8. The summed E-state index contributed by atoms with van der Waals surface area (Å²) < 4.78 is 0. The average Bonchev–Trinajstić information content (AvgIpc) is 2.74. The number of hydrogen-bond donors (Lipinski definition) is 3. The number of hydrogen-bond acceptors (Lipinski definition) is 3. The Morgan fingerprint density at radius 1 is 0.862 bits per heavy atom. The Labute approximate surface area is 175 Å². The van der Waals surface area contributed by atoms with Crippen molar-refractivity contribution in [1.82, 2.24) is 0 Å². The van der Waals surface area contributed by atoms with Gasteiger partial charge in [-0.15, -0.1) is 0 Å². The molecule has 5 nitrogen and oxygen atoms in total. The van der Waals surface area contributed by atoms with E-state index in [1.165, 1.54) is 0 Å². The van der Waals surface area contributed by atoms with Crippen LogP contribution < -0.4 is 16.0 Å². The molecule has 29 heavy (non-hydrogen) atoms. The summed E-state index contributed by atoms with van der Waals surface area (Å²) in [5, 5.41) is 9.38. The topological polar surface area (TPSA) is 70.2 Å². The fraction of sp³-hybridized carbons (Fsp3) is 0.130. The first-order valence-corrected chi connectivity index (χ1v) is 9.71. The summed E-state index contributed by atoms with van der Waals surface area (Å²) in [6.07, 6.45) is 0.375. The van der Waals surface area contributed by atoms with Crippen LogP contribution in [0.4, 0.5) is 17.1 Å². The van der Waals surface area contributed by atoms with Gasteiger partial charge in [0.25, 0.3) is 5.91 Å². The van der Waals surface area contributed by atoms with Gasteiger partial charge in [0.05, 0.1) is 10.7 Å². The second-order valence-electron chi connectivity index (χ2n) is 6.47. The summed E-state index contributed by atoms with van der Waals surface area (Å²) in [6, 6.07) is 22.1. The molecule has 0 unspecified atom stereocenters. The van der Waals surface area contributed by atoms with Crippen LogP contribution in [0.25, 0.3) is 0 Å². The monoisotopic (exact) mass is 407 g/mol. The second kappa shape index (κ2) is 9.75. The van der Waals surface area contributed by atoms with Crippen LogP contribution in [-0.4, -0.2) is 11.8 Å². The third-order valence-electron chi connectivity index (χ3n) is 4.28. The van der Waals surface area contributed by atoms with Crippen molar-refractivity contribution in [3.63, 3.8) is 0 Å². The van der Waals surface area contributed by atoms with E-state index >= 15 is 0 Å². The SMILES string of the molecule is CCC(=O)Nc1cccc(C(=O)Nc2ccc(NCc3ccccc3)c(Cl)c2)c1. The number of carbonyl (C=O) groups is 2. The predicted octanol–water partition coefficient (Wildman–Crippen LogP) is 5.55. The zero-order valence-electron chi connectivity index (χ0n) is 16.0. The number of benzene rings is 3. The van der Waals surface area contributed by atoms with Crippen LogP contribution in [0.2, 0.25) is 5.02 Å². The molecule has 3 N–H and O–H groups in total. The lowest BCUT2D eigenvalue weighted by atomic mass is 10.1. The Hall–Kier alpha value is -3.31. The number of nitrogens with one attached hydrogen (secondary N) is 3. The molecule has 0 radical (unpaired) electrons. The summed E-state index contributed by atoms with van der Waals surface area (Å²) in [6.45, 7) is 2.43. The lowest BCUT2D eigenvalue weighted by molar-refractivity contribution is -0.115. The number of carbonyl (C=O) groups excluding carboxylic acids is 2. The second-order valence-corrected chi connectivity index (χ2v) is 6.88. The molecule has 0 aliphatic heterocycles. The molecule has 0 spiro atoms. The largest absolute Gasteiger partial charge is 0.380 e. The first-order valence-electron chi connectivity index (χ1n) is 9.34. The minimum atomic E-state index is -0.279. The minimum absolute atomic E-state index is 0.104. The molecule has 0 bridgehead atoms. The van der Waals surface area contributed by atoms with Gasteiger partial charge in [0.2, 0.25) is 5.91 Å². The maximum absolute atomic E-state index is 12.5. The molecule has 0 saturated carbocycles. The molecule has 2 amide bonds.